The second kappa shape index (κ2) is 11.0. The summed E-state index contributed by atoms with van der Waals surface area (Å²) >= 11 is 0. The van der Waals surface area contributed by atoms with Crippen LogP contribution in [0.25, 0.3) is 0 Å². The van der Waals surface area contributed by atoms with Gasteiger partial charge >= 0.3 is 6.09 Å². The molecule has 7 nitrogen and oxygen atoms in total. The molecule has 0 atom stereocenters. The number of nitrogens with zero attached hydrogens (tertiary/aromatic N) is 2. The summed E-state index contributed by atoms with van der Waals surface area (Å²) in [4.78, 5) is 28.8. The molecule has 0 spiro atoms. The Bertz CT molecular complexity index is 715. The molecule has 7 heteroatoms. The Morgan fingerprint density at radius 2 is 1.71 bits per heavy atom. The van der Waals surface area contributed by atoms with E-state index in [0.29, 0.717) is 25.4 Å². The molecule has 2 aliphatic rings. The molecule has 2 aliphatic heterocycles. The number of carbonyl (C=O) groups is 2. The Hall–Kier alpha value is -2.12. The number of amides is 2. The summed E-state index contributed by atoms with van der Waals surface area (Å²) < 4.78 is 10.8. The maximum atomic E-state index is 12.5. The maximum absolute atomic E-state index is 12.5. The van der Waals surface area contributed by atoms with Gasteiger partial charge in [-0.1, -0.05) is 12.1 Å². The summed E-state index contributed by atoms with van der Waals surface area (Å²) in [5.41, 5.74) is 1.64. The van der Waals surface area contributed by atoms with Gasteiger partial charge in [-0.05, 0) is 63.6 Å². The molecule has 0 saturated carbocycles. The van der Waals surface area contributed by atoms with E-state index in [1.165, 1.54) is 5.56 Å². The van der Waals surface area contributed by atoms with Crippen molar-refractivity contribution in [1.82, 2.24) is 9.80 Å². The van der Waals surface area contributed by atoms with Crippen LogP contribution < -0.4 is 5.32 Å². The highest BCUT2D eigenvalue weighted by atomic mass is 16.6. The average molecular weight is 432 g/mol. The molecule has 0 radical (unpaired) electrons. The van der Waals surface area contributed by atoms with Gasteiger partial charge in [-0.2, -0.15) is 0 Å². The lowest BCUT2D eigenvalue weighted by molar-refractivity contribution is -0.117. The number of piperidine rings is 1. The number of morpholine rings is 1. The average Bonchev–Trinajstić information content (AvgIpc) is 2.73. The van der Waals surface area contributed by atoms with Gasteiger partial charge in [0.2, 0.25) is 5.91 Å². The van der Waals surface area contributed by atoms with Crippen LogP contribution >= 0.6 is 0 Å². The predicted octanol–water partition coefficient (Wildman–Crippen LogP) is 3.54. The Morgan fingerprint density at radius 1 is 1.06 bits per heavy atom. The van der Waals surface area contributed by atoms with Crippen LogP contribution in [-0.2, 0) is 20.7 Å². The highest BCUT2D eigenvalue weighted by Crippen LogP contribution is 2.23. The van der Waals surface area contributed by atoms with Gasteiger partial charge in [-0.25, -0.2) is 4.79 Å². The fraction of sp³-hybridized carbons (Fsp3) is 0.667. The molecule has 0 unspecified atom stereocenters. The van der Waals surface area contributed by atoms with E-state index in [4.69, 9.17) is 9.47 Å². The highest BCUT2D eigenvalue weighted by Gasteiger charge is 2.27. The molecule has 0 bridgehead atoms. The van der Waals surface area contributed by atoms with E-state index in [9.17, 15) is 9.59 Å². The molecular formula is C24H37N3O4. The molecule has 1 aromatic carbocycles. The highest BCUT2D eigenvalue weighted by molar-refractivity contribution is 5.90. The van der Waals surface area contributed by atoms with Crippen LogP contribution in [0.5, 0.6) is 0 Å². The fourth-order valence-corrected chi connectivity index (χ4v) is 3.99. The smallest absolute Gasteiger partial charge is 0.410 e. The van der Waals surface area contributed by atoms with Gasteiger partial charge in [0.15, 0.2) is 0 Å². The lowest BCUT2D eigenvalue weighted by atomic mass is 9.93. The summed E-state index contributed by atoms with van der Waals surface area (Å²) in [6.45, 7) is 11.6. The maximum Gasteiger partial charge on any atom is 0.410 e. The van der Waals surface area contributed by atoms with Crippen LogP contribution in [0.4, 0.5) is 10.5 Å². The number of hydrogen-bond acceptors (Lipinski definition) is 5. The lowest BCUT2D eigenvalue weighted by Gasteiger charge is -2.33. The zero-order valence-corrected chi connectivity index (χ0v) is 19.2. The standard InChI is InChI=1S/C24H37N3O4/c1-24(2,3)31-23(29)27-12-9-20(10-13-27)18-22(28)25-21-6-4-19(5-7-21)8-11-26-14-16-30-17-15-26/h4-7,20H,8-18H2,1-3H3,(H,25,28). The molecule has 2 fully saturated rings. The van der Waals surface area contributed by atoms with Crippen LogP contribution in [0, 0.1) is 5.92 Å². The van der Waals surface area contributed by atoms with Crippen LogP contribution in [0.1, 0.15) is 45.6 Å². The molecular weight excluding hydrogens is 394 g/mol. The van der Waals surface area contributed by atoms with Gasteiger partial charge in [0, 0.05) is 44.8 Å². The topological polar surface area (TPSA) is 71.1 Å². The minimum atomic E-state index is -0.480. The first-order valence-corrected chi connectivity index (χ1v) is 11.5. The van der Waals surface area contributed by atoms with Crippen LogP contribution in [0.15, 0.2) is 24.3 Å². The van der Waals surface area contributed by atoms with Gasteiger partial charge in [0.05, 0.1) is 13.2 Å². The number of hydrogen-bond donors (Lipinski definition) is 1. The third kappa shape index (κ3) is 8.15. The molecule has 2 heterocycles. The zero-order valence-electron chi connectivity index (χ0n) is 19.2. The SMILES string of the molecule is CC(C)(C)OC(=O)N1CCC(CC(=O)Nc2ccc(CCN3CCOCC3)cc2)CC1. The Balaban J connectivity index is 1.36. The van der Waals surface area contributed by atoms with Crippen molar-refractivity contribution in [3.8, 4) is 0 Å². The van der Waals surface area contributed by atoms with Crippen molar-refractivity contribution in [3.05, 3.63) is 29.8 Å². The van der Waals surface area contributed by atoms with E-state index in [-0.39, 0.29) is 12.0 Å². The summed E-state index contributed by atoms with van der Waals surface area (Å²) in [6, 6.07) is 8.15. The van der Waals surface area contributed by atoms with E-state index in [2.05, 4.69) is 22.3 Å². The Morgan fingerprint density at radius 3 is 2.32 bits per heavy atom. The molecule has 1 N–H and O–H groups in total. The first-order valence-electron chi connectivity index (χ1n) is 11.5. The van der Waals surface area contributed by atoms with E-state index < -0.39 is 5.60 Å². The largest absolute Gasteiger partial charge is 0.444 e. The van der Waals surface area contributed by atoms with Crippen molar-refractivity contribution in [2.75, 3.05) is 51.3 Å². The molecule has 1 aromatic rings. The number of carbonyl (C=O) groups excluding carboxylic acids is 2. The molecule has 3 rings (SSSR count). The van der Waals surface area contributed by atoms with Crippen molar-refractivity contribution in [3.63, 3.8) is 0 Å². The normalized spacial score (nSPS) is 18.6. The number of likely N-dealkylation sites (tertiary alicyclic amines) is 1. The van der Waals surface area contributed by atoms with E-state index >= 15 is 0 Å². The van der Waals surface area contributed by atoms with Gasteiger partial charge in [0.1, 0.15) is 5.60 Å². The number of benzene rings is 1. The molecule has 0 aliphatic carbocycles. The van der Waals surface area contributed by atoms with Crippen molar-refractivity contribution in [2.45, 2.75) is 52.1 Å². The Labute approximate surface area is 186 Å². The molecule has 2 amide bonds. The van der Waals surface area contributed by atoms with Gasteiger partial charge < -0.3 is 19.7 Å². The third-order valence-corrected chi connectivity index (χ3v) is 5.80. The quantitative estimate of drug-likeness (QED) is 0.746. The third-order valence-electron chi connectivity index (χ3n) is 5.80. The van der Waals surface area contributed by atoms with Crippen molar-refractivity contribution in [1.29, 1.82) is 0 Å². The van der Waals surface area contributed by atoms with Gasteiger partial charge in [-0.15, -0.1) is 0 Å². The molecule has 31 heavy (non-hydrogen) atoms. The minimum Gasteiger partial charge on any atom is -0.444 e. The van der Waals surface area contributed by atoms with Crippen molar-refractivity contribution >= 4 is 17.7 Å². The summed E-state index contributed by atoms with van der Waals surface area (Å²) in [5.74, 6) is 0.336. The van der Waals surface area contributed by atoms with E-state index in [1.54, 1.807) is 4.90 Å². The van der Waals surface area contributed by atoms with Crippen LogP contribution in [0.2, 0.25) is 0 Å². The summed E-state index contributed by atoms with van der Waals surface area (Å²) in [5, 5.41) is 3.02. The second-order valence-electron chi connectivity index (χ2n) is 9.56. The van der Waals surface area contributed by atoms with Crippen molar-refractivity contribution in [2.24, 2.45) is 5.92 Å². The van der Waals surface area contributed by atoms with Gasteiger partial charge in [0.25, 0.3) is 0 Å². The summed E-state index contributed by atoms with van der Waals surface area (Å²) in [6.07, 6.45) is 2.88. The van der Waals surface area contributed by atoms with Crippen molar-refractivity contribution < 1.29 is 19.1 Å². The zero-order chi connectivity index (χ0) is 22.3. The van der Waals surface area contributed by atoms with E-state index in [1.807, 2.05) is 32.9 Å². The molecule has 172 valence electrons. The van der Waals surface area contributed by atoms with E-state index in [0.717, 1.165) is 57.8 Å². The lowest BCUT2D eigenvalue weighted by Crippen LogP contribution is -2.42. The first-order chi connectivity index (χ1) is 14.8. The van der Waals surface area contributed by atoms with Crippen LogP contribution in [-0.4, -0.2) is 73.3 Å². The fourth-order valence-electron chi connectivity index (χ4n) is 3.99. The minimum absolute atomic E-state index is 0.0387. The number of nitrogens with one attached hydrogen (secondary N) is 1. The second-order valence-corrected chi connectivity index (χ2v) is 9.56. The summed E-state index contributed by atoms with van der Waals surface area (Å²) in [7, 11) is 0. The molecule has 2 saturated heterocycles. The van der Waals surface area contributed by atoms with Gasteiger partial charge in [-0.3, -0.25) is 9.69 Å². The van der Waals surface area contributed by atoms with Crippen LogP contribution in [0.3, 0.4) is 0 Å². The molecule has 0 aromatic heterocycles. The number of rotatable bonds is 6. The Kier molecular flexibility index (Phi) is 8.32. The number of ether oxygens (including phenoxy) is 2. The monoisotopic (exact) mass is 431 g/mol. The predicted molar refractivity (Wildman–Crippen MR) is 121 cm³/mol. The first kappa shape index (κ1) is 23.5. The number of anilines is 1.